The van der Waals surface area contributed by atoms with Crippen LogP contribution in [0, 0.1) is 0 Å². The Morgan fingerprint density at radius 1 is 1.28 bits per heavy atom. The fourth-order valence-electron chi connectivity index (χ4n) is 1.29. The van der Waals surface area contributed by atoms with E-state index in [9.17, 15) is 4.79 Å². The van der Waals surface area contributed by atoms with Crippen molar-refractivity contribution in [2.45, 2.75) is 0 Å². The molecule has 0 bridgehead atoms. The number of carbonyl (C=O) groups is 1. The van der Waals surface area contributed by atoms with E-state index < -0.39 is 6.09 Å². The summed E-state index contributed by atoms with van der Waals surface area (Å²) >= 11 is 5.71. The van der Waals surface area contributed by atoms with Gasteiger partial charge in [-0.3, -0.25) is 0 Å². The van der Waals surface area contributed by atoms with Crippen molar-refractivity contribution in [3.05, 3.63) is 41.7 Å². The highest BCUT2D eigenvalue weighted by Crippen LogP contribution is 2.20. The second-order valence-corrected chi connectivity index (χ2v) is 3.61. The number of carbonyl (C=O) groups excluding carboxylic acids is 1. The Hall–Kier alpha value is -2.34. The zero-order valence-electron chi connectivity index (χ0n) is 9.13. The lowest BCUT2D eigenvalue weighted by Crippen LogP contribution is -2.17. The third kappa shape index (κ3) is 3.33. The van der Waals surface area contributed by atoms with Crippen LogP contribution in [0.1, 0.15) is 0 Å². The SMILES string of the molecule is NC(=O)Oc1cc(Nc2ccccc2)nc(Cl)n1. The first-order valence-electron chi connectivity index (χ1n) is 4.97. The number of aromatic nitrogens is 2. The van der Waals surface area contributed by atoms with E-state index in [-0.39, 0.29) is 11.2 Å². The van der Waals surface area contributed by atoms with Crippen molar-refractivity contribution in [1.82, 2.24) is 9.97 Å². The van der Waals surface area contributed by atoms with Crippen molar-refractivity contribution >= 4 is 29.2 Å². The normalized spacial score (nSPS) is 9.83. The molecule has 1 aromatic carbocycles. The van der Waals surface area contributed by atoms with Gasteiger partial charge in [-0.1, -0.05) is 18.2 Å². The average Bonchev–Trinajstić information content (AvgIpc) is 2.28. The van der Waals surface area contributed by atoms with Gasteiger partial charge in [-0.05, 0) is 23.7 Å². The number of anilines is 2. The van der Waals surface area contributed by atoms with E-state index in [1.165, 1.54) is 6.07 Å². The van der Waals surface area contributed by atoms with Gasteiger partial charge in [0, 0.05) is 11.8 Å². The molecule has 0 fully saturated rings. The maximum absolute atomic E-state index is 10.6. The average molecular weight is 265 g/mol. The molecule has 7 heteroatoms. The molecule has 0 aliphatic rings. The van der Waals surface area contributed by atoms with Gasteiger partial charge < -0.3 is 15.8 Å². The first-order chi connectivity index (χ1) is 8.63. The molecule has 0 aliphatic heterocycles. The summed E-state index contributed by atoms with van der Waals surface area (Å²) in [5, 5.41) is 2.94. The van der Waals surface area contributed by atoms with Gasteiger partial charge in [-0.25, -0.2) is 9.78 Å². The number of para-hydroxylation sites is 1. The molecule has 1 amide bonds. The summed E-state index contributed by atoms with van der Waals surface area (Å²) in [4.78, 5) is 18.3. The quantitative estimate of drug-likeness (QED) is 0.831. The highest BCUT2D eigenvalue weighted by Gasteiger charge is 2.06. The molecule has 1 aromatic heterocycles. The van der Waals surface area contributed by atoms with E-state index in [1.807, 2.05) is 30.3 Å². The van der Waals surface area contributed by atoms with Gasteiger partial charge >= 0.3 is 6.09 Å². The molecule has 0 saturated heterocycles. The molecule has 6 nitrogen and oxygen atoms in total. The Bertz CT molecular complexity index is 562. The fraction of sp³-hybridized carbons (Fsp3) is 0. The number of nitrogens with two attached hydrogens (primary N) is 1. The van der Waals surface area contributed by atoms with Gasteiger partial charge in [-0.2, -0.15) is 4.98 Å². The number of ether oxygens (including phenoxy) is 1. The Balaban J connectivity index is 2.23. The number of primary amides is 1. The van der Waals surface area contributed by atoms with Crippen molar-refractivity contribution < 1.29 is 9.53 Å². The number of nitrogens with one attached hydrogen (secondary N) is 1. The summed E-state index contributed by atoms with van der Waals surface area (Å²) in [5.74, 6) is 0.387. The minimum absolute atomic E-state index is 0.0130. The number of hydrogen-bond donors (Lipinski definition) is 2. The van der Waals surface area contributed by atoms with Crippen molar-refractivity contribution in [2.24, 2.45) is 5.73 Å². The summed E-state index contributed by atoms with van der Waals surface area (Å²) in [6, 6.07) is 10.7. The second-order valence-electron chi connectivity index (χ2n) is 3.27. The summed E-state index contributed by atoms with van der Waals surface area (Å²) in [7, 11) is 0. The molecule has 92 valence electrons. The molecular weight excluding hydrogens is 256 g/mol. The summed E-state index contributed by atoms with van der Waals surface area (Å²) in [6.45, 7) is 0. The summed E-state index contributed by atoms with van der Waals surface area (Å²) in [6.07, 6.45) is -0.963. The van der Waals surface area contributed by atoms with Gasteiger partial charge in [0.15, 0.2) is 0 Å². The van der Waals surface area contributed by atoms with E-state index in [2.05, 4.69) is 20.0 Å². The van der Waals surface area contributed by atoms with E-state index in [0.717, 1.165) is 5.69 Å². The highest BCUT2D eigenvalue weighted by atomic mass is 35.5. The molecule has 0 saturated carbocycles. The Labute approximate surface area is 108 Å². The molecule has 2 rings (SSSR count). The maximum Gasteiger partial charge on any atom is 0.411 e. The standard InChI is InChI=1S/C11H9ClN4O2/c12-10-15-8(6-9(16-10)18-11(13)17)14-7-4-2-1-3-5-7/h1-6H,(H2,13,17)(H,14,15,16). The van der Waals surface area contributed by atoms with Crippen LogP contribution in [0.25, 0.3) is 0 Å². The van der Waals surface area contributed by atoms with Crippen molar-refractivity contribution in [3.63, 3.8) is 0 Å². The molecule has 18 heavy (non-hydrogen) atoms. The predicted octanol–water partition coefficient (Wildman–Crippen LogP) is 2.33. The van der Waals surface area contributed by atoms with Gasteiger partial charge in [-0.15, -0.1) is 0 Å². The van der Waals surface area contributed by atoms with Gasteiger partial charge in [0.2, 0.25) is 11.2 Å². The Morgan fingerprint density at radius 2 is 2.00 bits per heavy atom. The lowest BCUT2D eigenvalue weighted by atomic mass is 10.3. The lowest BCUT2D eigenvalue weighted by molar-refractivity contribution is 0.209. The molecule has 3 N–H and O–H groups in total. The number of nitrogens with zero attached hydrogens (tertiary/aromatic N) is 2. The minimum atomic E-state index is -0.963. The fourth-order valence-corrected chi connectivity index (χ4v) is 1.46. The smallest absolute Gasteiger partial charge is 0.391 e. The molecule has 0 aliphatic carbocycles. The first kappa shape index (κ1) is 12.1. The number of hydrogen-bond acceptors (Lipinski definition) is 5. The third-order valence-electron chi connectivity index (χ3n) is 1.93. The predicted molar refractivity (Wildman–Crippen MR) is 67.0 cm³/mol. The van der Waals surface area contributed by atoms with Crippen LogP contribution >= 0.6 is 11.6 Å². The van der Waals surface area contributed by atoms with Crippen molar-refractivity contribution in [3.8, 4) is 5.88 Å². The Kier molecular flexibility index (Phi) is 3.59. The summed E-state index contributed by atoms with van der Waals surface area (Å²) in [5.41, 5.74) is 5.71. The van der Waals surface area contributed by atoms with Crippen LogP contribution in [-0.2, 0) is 0 Å². The second kappa shape index (κ2) is 5.33. The highest BCUT2D eigenvalue weighted by molar-refractivity contribution is 6.28. The van der Waals surface area contributed by atoms with Crippen LogP contribution < -0.4 is 15.8 Å². The lowest BCUT2D eigenvalue weighted by Gasteiger charge is -2.07. The number of halogens is 1. The monoisotopic (exact) mass is 264 g/mol. The van der Waals surface area contributed by atoms with Crippen LogP contribution in [0.2, 0.25) is 5.28 Å². The van der Waals surface area contributed by atoms with E-state index in [0.29, 0.717) is 5.82 Å². The number of amides is 1. The Morgan fingerprint density at radius 3 is 2.67 bits per heavy atom. The van der Waals surface area contributed by atoms with Crippen molar-refractivity contribution in [2.75, 3.05) is 5.32 Å². The molecule has 0 radical (unpaired) electrons. The van der Waals surface area contributed by atoms with Gasteiger partial charge in [0.05, 0.1) is 0 Å². The van der Waals surface area contributed by atoms with Crippen molar-refractivity contribution in [1.29, 1.82) is 0 Å². The number of rotatable bonds is 3. The third-order valence-corrected chi connectivity index (χ3v) is 2.10. The van der Waals surface area contributed by atoms with Crippen LogP contribution in [-0.4, -0.2) is 16.1 Å². The number of benzene rings is 1. The zero-order valence-corrected chi connectivity index (χ0v) is 9.89. The van der Waals surface area contributed by atoms with E-state index in [1.54, 1.807) is 0 Å². The van der Waals surface area contributed by atoms with Crippen LogP contribution in [0.15, 0.2) is 36.4 Å². The zero-order chi connectivity index (χ0) is 13.0. The van der Waals surface area contributed by atoms with Gasteiger partial charge in [0.1, 0.15) is 5.82 Å². The maximum atomic E-state index is 10.6. The largest absolute Gasteiger partial charge is 0.411 e. The molecule has 1 heterocycles. The van der Waals surface area contributed by atoms with Crippen LogP contribution in [0.3, 0.4) is 0 Å². The minimum Gasteiger partial charge on any atom is -0.391 e. The first-order valence-corrected chi connectivity index (χ1v) is 5.35. The van der Waals surface area contributed by atoms with Crippen LogP contribution in [0.4, 0.5) is 16.3 Å². The molecule has 0 unspecified atom stereocenters. The van der Waals surface area contributed by atoms with Gasteiger partial charge in [0.25, 0.3) is 0 Å². The molecule has 0 atom stereocenters. The van der Waals surface area contributed by atoms with Crippen LogP contribution in [0.5, 0.6) is 5.88 Å². The molecular formula is C11H9ClN4O2. The van der Waals surface area contributed by atoms with E-state index >= 15 is 0 Å². The summed E-state index contributed by atoms with van der Waals surface area (Å²) < 4.78 is 4.64. The molecule has 2 aromatic rings. The van der Waals surface area contributed by atoms with E-state index in [4.69, 9.17) is 17.3 Å². The topological polar surface area (TPSA) is 90.1 Å². The molecule has 0 spiro atoms.